The van der Waals surface area contributed by atoms with E-state index in [1.165, 1.54) is 0 Å². The van der Waals surface area contributed by atoms with Crippen LogP contribution in [0, 0.1) is 0 Å². The lowest BCUT2D eigenvalue weighted by Crippen LogP contribution is -2.46. The van der Waals surface area contributed by atoms with Crippen LogP contribution >= 0.6 is 0 Å². The molecule has 1 amide bonds. The number of aliphatic hydroxyl groups is 1. The average molecular weight is 213 g/mol. The highest BCUT2D eigenvalue weighted by Gasteiger charge is 2.26. The second-order valence-corrected chi connectivity index (χ2v) is 3.99. The Bertz CT molecular complexity index is 240. The van der Waals surface area contributed by atoms with Gasteiger partial charge in [-0.15, -0.1) is 0 Å². The number of amides is 1. The molecule has 1 aliphatic rings. The highest BCUT2D eigenvalue weighted by Crippen LogP contribution is 2.17. The molecule has 0 aromatic rings. The van der Waals surface area contributed by atoms with Gasteiger partial charge in [0.25, 0.3) is 0 Å². The van der Waals surface area contributed by atoms with Gasteiger partial charge in [-0.25, -0.2) is 0 Å². The van der Waals surface area contributed by atoms with Crippen LogP contribution < -0.4 is 0 Å². The minimum absolute atomic E-state index is 0.00601. The van der Waals surface area contributed by atoms with Crippen molar-refractivity contribution in [3.8, 4) is 0 Å². The summed E-state index contributed by atoms with van der Waals surface area (Å²) in [5.74, 6) is -0.150. The van der Waals surface area contributed by atoms with Crippen molar-refractivity contribution in [3.05, 3.63) is 0 Å². The maximum atomic E-state index is 11.7. The van der Waals surface area contributed by atoms with Crippen molar-refractivity contribution in [3.63, 3.8) is 0 Å². The van der Waals surface area contributed by atoms with E-state index >= 15 is 0 Å². The molecule has 15 heavy (non-hydrogen) atoms. The van der Waals surface area contributed by atoms with E-state index < -0.39 is 0 Å². The summed E-state index contributed by atoms with van der Waals surface area (Å²) in [5.41, 5.74) is 0. The van der Waals surface area contributed by atoms with E-state index in [9.17, 15) is 9.59 Å². The summed E-state index contributed by atoms with van der Waals surface area (Å²) in [6, 6.07) is -0.0732. The Morgan fingerprint density at radius 3 is 2.73 bits per heavy atom. The van der Waals surface area contributed by atoms with Gasteiger partial charge in [0.1, 0.15) is 5.78 Å². The molecule has 1 saturated heterocycles. The maximum Gasteiger partial charge on any atom is 0.230 e. The number of Topliss-reactive ketones (excluding diaryl/α,β-unsaturated/α-hetero) is 1. The lowest BCUT2D eigenvalue weighted by Gasteiger charge is -2.34. The van der Waals surface area contributed by atoms with Gasteiger partial charge in [0.05, 0.1) is 19.1 Å². The third kappa shape index (κ3) is 3.30. The molecule has 0 radical (unpaired) electrons. The number of hydrogen-bond donors (Lipinski definition) is 1. The quantitative estimate of drug-likeness (QED) is 0.700. The Balaban J connectivity index is 2.52. The SMILES string of the molecule is CCC(=O)CC(=O)N1CCCCC1CO. The van der Waals surface area contributed by atoms with E-state index in [0.717, 1.165) is 19.3 Å². The molecule has 1 N–H and O–H groups in total. The largest absolute Gasteiger partial charge is 0.394 e. The third-order valence-corrected chi connectivity index (χ3v) is 2.90. The van der Waals surface area contributed by atoms with E-state index in [1.807, 2.05) is 0 Å². The predicted molar refractivity (Wildman–Crippen MR) is 56.4 cm³/mol. The maximum absolute atomic E-state index is 11.7. The van der Waals surface area contributed by atoms with Crippen LogP contribution in [0.5, 0.6) is 0 Å². The fourth-order valence-electron chi connectivity index (χ4n) is 1.91. The molecule has 1 unspecified atom stereocenters. The number of carbonyl (C=O) groups excluding carboxylic acids is 2. The van der Waals surface area contributed by atoms with Gasteiger partial charge in [0, 0.05) is 13.0 Å². The standard InChI is InChI=1S/C11H19NO3/c1-2-10(14)7-11(15)12-6-4-3-5-9(12)8-13/h9,13H,2-8H2,1H3. The molecule has 4 nitrogen and oxygen atoms in total. The van der Waals surface area contributed by atoms with Gasteiger partial charge in [-0.05, 0) is 19.3 Å². The van der Waals surface area contributed by atoms with Gasteiger partial charge in [0.15, 0.2) is 0 Å². The van der Waals surface area contributed by atoms with Crippen LogP contribution in [0.3, 0.4) is 0 Å². The summed E-state index contributed by atoms with van der Waals surface area (Å²) in [4.78, 5) is 24.5. The van der Waals surface area contributed by atoms with Gasteiger partial charge in [0.2, 0.25) is 5.91 Å². The van der Waals surface area contributed by atoms with Crippen molar-refractivity contribution in [1.82, 2.24) is 4.90 Å². The Labute approximate surface area is 90.3 Å². The molecule has 1 rings (SSSR count). The summed E-state index contributed by atoms with van der Waals surface area (Å²) in [6.07, 6.45) is 3.28. The van der Waals surface area contributed by atoms with Crippen LogP contribution in [-0.4, -0.2) is 40.9 Å². The Kier molecular flexibility index (Phi) is 4.75. The Morgan fingerprint density at radius 2 is 2.13 bits per heavy atom. The molecule has 1 heterocycles. The lowest BCUT2D eigenvalue weighted by atomic mass is 10.0. The number of ketones is 1. The van der Waals surface area contributed by atoms with Crippen molar-refractivity contribution < 1.29 is 14.7 Å². The average Bonchev–Trinajstić information content (AvgIpc) is 2.28. The van der Waals surface area contributed by atoms with E-state index in [2.05, 4.69) is 0 Å². The van der Waals surface area contributed by atoms with Crippen LogP contribution in [0.25, 0.3) is 0 Å². The van der Waals surface area contributed by atoms with Crippen molar-refractivity contribution in [2.45, 2.75) is 45.1 Å². The number of carbonyl (C=O) groups is 2. The van der Waals surface area contributed by atoms with Crippen molar-refractivity contribution in [2.24, 2.45) is 0 Å². The lowest BCUT2D eigenvalue weighted by molar-refractivity contribution is -0.139. The molecular formula is C11H19NO3. The summed E-state index contributed by atoms with van der Waals surface area (Å²) in [5, 5.41) is 9.12. The van der Waals surface area contributed by atoms with Gasteiger partial charge in [-0.2, -0.15) is 0 Å². The van der Waals surface area contributed by atoms with Gasteiger partial charge < -0.3 is 10.0 Å². The van der Waals surface area contributed by atoms with Crippen molar-refractivity contribution in [1.29, 1.82) is 0 Å². The fraction of sp³-hybridized carbons (Fsp3) is 0.818. The first-order valence-electron chi connectivity index (χ1n) is 5.61. The van der Waals surface area contributed by atoms with Gasteiger partial charge in [-0.1, -0.05) is 6.92 Å². The van der Waals surface area contributed by atoms with Gasteiger partial charge >= 0.3 is 0 Å². The number of likely N-dealkylation sites (tertiary alicyclic amines) is 1. The van der Waals surface area contributed by atoms with Crippen molar-refractivity contribution in [2.75, 3.05) is 13.2 Å². The molecule has 1 aliphatic heterocycles. The first-order valence-corrected chi connectivity index (χ1v) is 5.61. The van der Waals surface area contributed by atoms with Crippen molar-refractivity contribution >= 4 is 11.7 Å². The molecule has 0 spiro atoms. The van der Waals surface area contributed by atoms with E-state index in [0.29, 0.717) is 13.0 Å². The molecule has 0 aromatic carbocycles. The molecule has 0 aromatic heterocycles. The summed E-state index contributed by atoms with van der Waals surface area (Å²) in [6.45, 7) is 2.45. The zero-order chi connectivity index (χ0) is 11.3. The van der Waals surface area contributed by atoms with Crippen LogP contribution in [0.4, 0.5) is 0 Å². The normalized spacial score (nSPS) is 21.5. The minimum atomic E-state index is -0.124. The fourth-order valence-corrected chi connectivity index (χ4v) is 1.91. The molecule has 1 fully saturated rings. The molecule has 0 bridgehead atoms. The highest BCUT2D eigenvalue weighted by atomic mass is 16.3. The van der Waals surface area contributed by atoms with E-state index in [-0.39, 0.29) is 30.8 Å². The monoisotopic (exact) mass is 213 g/mol. The smallest absolute Gasteiger partial charge is 0.230 e. The first-order chi connectivity index (χ1) is 7.19. The summed E-state index contributed by atoms with van der Waals surface area (Å²) >= 11 is 0. The van der Waals surface area contributed by atoms with E-state index in [1.54, 1.807) is 11.8 Å². The van der Waals surface area contributed by atoms with Crippen LogP contribution in [-0.2, 0) is 9.59 Å². The molecule has 86 valence electrons. The Morgan fingerprint density at radius 1 is 1.40 bits per heavy atom. The van der Waals surface area contributed by atoms with Crippen LogP contribution in [0.2, 0.25) is 0 Å². The second kappa shape index (κ2) is 5.85. The zero-order valence-electron chi connectivity index (χ0n) is 9.24. The summed E-state index contributed by atoms with van der Waals surface area (Å²) in [7, 11) is 0. The molecule has 1 atom stereocenters. The van der Waals surface area contributed by atoms with E-state index in [4.69, 9.17) is 5.11 Å². The molecule has 4 heteroatoms. The number of rotatable bonds is 4. The molecule has 0 aliphatic carbocycles. The van der Waals surface area contributed by atoms with Crippen LogP contribution in [0.1, 0.15) is 39.0 Å². The predicted octanol–water partition coefficient (Wildman–Crippen LogP) is 0.729. The first kappa shape index (κ1) is 12.2. The number of aliphatic hydroxyl groups excluding tert-OH is 1. The number of nitrogens with zero attached hydrogens (tertiary/aromatic N) is 1. The number of piperidine rings is 1. The molecular weight excluding hydrogens is 194 g/mol. The topological polar surface area (TPSA) is 57.6 Å². The minimum Gasteiger partial charge on any atom is -0.394 e. The summed E-state index contributed by atoms with van der Waals surface area (Å²) < 4.78 is 0. The highest BCUT2D eigenvalue weighted by molar-refractivity contribution is 5.98. The van der Waals surface area contributed by atoms with Crippen LogP contribution in [0.15, 0.2) is 0 Å². The second-order valence-electron chi connectivity index (χ2n) is 3.99. The zero-order valence-corrected chi connectivity index (χ0v) is 9.24. The van der Waals surface area contributed by atoms with Gasteiger partial charge in [-0.3, -0.25) is 9.59 Å². The third-order valence-electron chi connectivity index (χ3n) is 2.90. The number of hydrogen-bond acceptors (Lipinski definition) is 3. The Hall–Kier alpha value is -0.900. The molecule has 0 saturated carbocycles.